The number of amides is 2. The lowest BCUT2D eigenvalue weighted by atomic mass is 9.93. The van der Waals surface area contributed by atoms with E-state index in [1.807, 2.05) is 42.2 Å². The predicted molar refractivity (Wildman–Crippen MR) is 89.4 cm³/mol. The van der Waals surface area contributed by atoms with Gasteiger partial charge in [0.1, 0.15) is 0 Å². The van der Waals surface area contributed by atoms with E-state index in [2.05, 4.69) is 15.7 Å². The Morgan fingerprint density at radius 3 is 3.00 bits per heavy atom. The third-order valence-electron chi connectivity index (χ3n) is 5.17. The van der Waals surface area contributed by atoms with Gasteiger partial charge in [-0.05, 0) is 30.4 Å². The molecule has 2 aliphatic carbocycles. The molecule has 2 amide bonds. The maximum absolute atomic E-state index is 12.5. The molecule has 126 valence electrons. The van der Waals surface area contributed by atoms with E-state index in [1.54, 1.807) is 0 Å². The number of aryl methyl sites for hydroxylation is 1. The zero-order chi connectivity index (χ0) is 16.7. The fourth-order valence-electron chi connectivity index (χ4n) is 3.95. The van der Waals surface area contributed by atoms with Crippen LogP contribution in [0, 0.1) is 0 Å². The van der Waals surface area contributed by atoms with Crippen molar-refractivity contribution in [3.8, 4) is 0 Å². The first-order chi connectivity index (χ1) is 11.6. The van der Waals surface area contributed by atoms with Gasteiger partial charge in [-0.3, -0.25) is 4.68 Å². The SMILES string of the molecule is Cn1ncc2c1CCCC2NC(=O)N[C@@H]1c2ccccc2C[C@@H]1O. The number of carbonyl (C=O) groups is 1. The van der Waals surface area contributed by atoms with Crippen molar-refractivity contribution in [3.05, 3.63) is 52.8 Å². The topological polar surface area (TPSA) is 79.2 Å². The minimum atomic E-state index is -0.576. The second kappa shape index (κ2) is 5.94. The number of urea groups is 1. The summed E-state index contributed by atoms with van der Waals surface area (Å²) in [6.07, 6.45) is 4.80. The first kappa shape index (κ1) is 15.2. The van der Waals surface area contributed by atoms with Crippen molar-refractivity contribution in [1.29, 1.82) is 0 Å². The number of hydrogen-bond donors (Lipinski definition) is 3. The molecule has 3 N–H and O–H groups in total. The number of carbonyl (C=O) groups excluding carboxylic acids is 1. The summed E-state index contributed by atoms with van der Waals surface area (Å²) in [6.45, 7) is 0. The smallest absolute Gasteiger partial charge is 0.315 e. The number of aliphatic hydroxyl groups excluding tert-OH is 1. The minimum Gasteiger partial charge on any atom is -0.390 e. The quantitative estimate of drug-likeness (QED) is 0.787. The monoisotopic (exact) mass is 326 g/mol. The van der Waals surface area contributed by atoms with Crippen LogP contribution in [0.1, 0.15) is 47.3 Å². The number of aliphatic hydroxyl groups is 1. The van der Waals surface area contributed by atoms with Crippen LogP contribution >= 0.6 is 0 Å². The molecule has 6 nitrogen and oxygen atoms in total. The summed E-state index contributed by atoms with van der Waals surface area (Å²) in [5, 5.41) is 20.6. The highest BCUT2D eigenvalue weighted by Crippen LogP contribution is 2.32. The molecule has 4 rings (SSSR count). The molecule has 24 heavy (non-hydrogen) atoms. The van der Waals surface area contributed by atoms with Gasteiger partial charge in [-0.15, -0.1) is 0 Å². The number of aromatic nitrogens is 2. The van der Waals surface area contributed by atoms with Crippen molar-refractivity contribution in [2.24, 2.45) is 7.05 Å². The van der Waals surface area contributed by atoms with E-state index in [0.29, 0.717) is 6.42 Å². The molecule has 0 saturated carbocycles. The lowest BCUT2D eigenvalue weighted by Crippen LogP contribution is -2.43. The van der Waals surface area contributed by atoms with E-state index < -0.39 is 6.10 Å². The zero-order valence-electron chi connectivity index (χ0n) is 13.7. The van der Waals surface area contributed by atoms with E-state index in [-0.39, 0.29) is 18.1 Å². The number of hydrogen-bond acceptors (Lipinski definition) is 3. The summed E-state index contributed by atoms with van der Waals surface area (Å²) in [4.78, 5) is 12.5. The molecule has 1 aromatic carbocycles. The van der Waals surface area contributed by atoms with Crippen molar-refractivity contribution >= 4 is 6.03 Å². The molecule has 0 bridgehead atoms. The Balaban J connectivity index is 1.47. The zero-order valence-corrected chi connectivity index (χ0v) is 13.7. The Morgan fingerprint density at radius 1 is 1.29 bits per heavy atom. The van der Waals surface area contributed by atoms with Gasteiger partial charge >= 0.3 is 6.03 Å². The largest absolute Gasteiger partial charge is 0.390 e. The summed E-state index contributed by atoms with van der Waals surface area (Å²) >= 11 is 0. The second-order valence-electron chi connectivity index (χ2n) is 6.68. The van der Waals surface area contributed by atoms with Gasteiger partial charge in [0.15, 0.2) is 0 Å². The van der Waals surface area contributed by atoms with Crippen LogP contribution in [0.25, 0.3) is 0 Å². The first-order valence-corrected chi connectivity index (χ1v) is 8.47. The summed E-state index contributed by atoms with van der Waals surface area (Å²) in [5.74, 6) is 0. The number of nitrogens with zero attached hydrogens (tertiary/aromatic N) is 2. The van der Waals surface area contributed by atoms with Gasteiger partial charge in [0, 0.05) is 24.7 Å². The van der Waals surface area contributed by atoms with Gasteiger partial charge in [-0.25, -0.2) is 4.79 Å². The third-order valence-corrected chi connectivity index (χ3v) is 5.17. The van der Waals surface area contributed by atoms with Crippen LogP contribution in [-0.4, -0.2) is 27.0 Å². The maximum Gasteiger partial charge on any atom is 0.315 e. The fraction of sp³-hybridized carbons (Fsp3) is 0.444. The van der Waals surface area contributed by atoms with E-state index in [4.69, 9.17) is 0 Å². The number of benzene rings is 1. The van der Waals surface area contributed by atoms with Crippen molar-refractivity contribution < 1.29 is 9.90 Å². The lowest BCUT2D eigenvalue weighted by molar-refractivity contribution is 0.141. The van der Waals surface area contributed by atoms with Crippen LogP contribution in [0.5, 0.6) is 0 Å². The van der Waals surface area contributed by atoms with E-state index in [9.17, 15) is 9.90 Å². The Morgan fingerprint density at radius 2 is 2.12 bits per heavy atom. The Labute approximate surface area is 140 Å². The molecule has 1 unspecified atom stereocenters. The van der Waals surface area contributed by atoms with Crippen molar-refractivity contribution in [2.45, 2.75) is 43.9 Å². The molecule has 1 heterocycles. The van der Waals surface area contributed by atoms with Crippen LogP contribution in [0.4, 0.5) is 4.79 Å². The summed E-state index contributed by atoms with van der Waals surface area (Å²) < 4.78 is 1.89. The van der Waals surface area contributed by atoms with Crippen molar-refractivity contribution in [3.63, 3.8) is 0 Å². The fourth-order valence-corrected chi connectivity index (χ4v) is 3.95. The maximum atomic E-state index is 12.5. The van der Waals surface area contributed by atoms with Crippen LogP contribution in [-0.2, 0) is 19.9 Å². The van der Waals surface area contributed by atoms with E-state index >= 15 is 0 Å². The summed E-state index contributed by atoms with van der Waals surface area (Å²) in [5.41, 5.74) is 4.40. The number of nitrogens with one attached hydrogen (secondary N) is 2. The van der Waals surface area contributed by atoms with Crippen LogP contribution in [0.2, 0.25) is 0 Å². The predicted octanol–water partition coefficient (Wildman–Crippen LogP) is 1.75. The molecule has 0 radical (unpaired) electrons. The third kappa shape index (κ3) is 2.57. The lowest BCUT2D eigenvalue weighted by Gasteiger charge is -2.25. The van der Waals surface area contributed by atoms with Crippen LogP contribution in [0.3, 0.4) is 0 Å². The Hall–Kier alpha value is -2.34. The van der Waals surface area contributed by atoms with Crippen LogP contribution < -0.4 is 10.6 Å². The van der Waals surface area contributed by atoms with Crippen molar-refractivity contribution in [2.75, 3.05) is 0 Å². The molecular formula is C18H22N4O2. The van der Waals surface area contributed by atoms with Crippen LogP contribution in [0.15, 0.2) is 30.5 Å². The Bertz CT molecular complexity index is 770. The highest BCUT2D eigenvalue weighted by atomic mass is 16.3. The molecule has 2 aliphatic rings. The van der Waals surface area contributed by atoms with Gasteiger partial charge in [0.2, 0.25) is 0 Å². The van der Waals surface area contributed by atoms with E-state index in [0.717, 1.165) is 36.0 Å². The molecule has 0 saturated heterocycles. The number of fused-ring (bicyclic) bond motifs is 2. The molecule has 3 atom stereocenters. The highest BCUT2D eigenvalue weighted by molar-refractivity contribution is 5.75. The molecule has 0 spiro atoms. The average molecular weight is 326 g/mol. The molecule has 1 aromatic heterocycles. The normalized spacial score (nSPS) is 25.0. The molecule has 0 fully saturated rings. The molecule has 0 aliphatic heterocycles. The number of rotatable bonds is 2. The average Bonchev–Trinajstić information content (AvgIpc) is 3.10. The second-order valence-corrected chi connectivity index (χ2v) is 6.68. The minimum absolute atomic E-state index is 0.0174. The highest BCUT2D eigenvalue weighted by Gasteiger charge is 2.33. The summed E-state index contributed by atoms with van der Waals surface area (Å²) in [6, 6.07) is 7.26. The standard InChI is InChI=1S/C18H22N4O2/c1-22-15-8-4-7-14(13(15)10-19-22)20-18(24)21-17-12-6-3-2-5-11(12)9-16(17)23/h2-3,5-6,10,14,16-17,23H,4,7-9H2,1H3,(H2,20,21,24)/t14?,16-,17+/m0/s1. The van der Waals surface area contributed by atoms with Gasteiger partial charge in [0.25, 0.3) is 0 Å². The molecular weight excluding hydrogens is 304 g/mol. The summed E-state index contributed by atoms with van der Waals surface area (Å²) in [7, 11) is 1.94. The first-order valence-electron chi connectivity index (χ1n) is 8.47. The van der Waals surface area contributed by atoms with Gasteiger partial charge in [-0.2, -0.15) is 5.10 Å². The molecule has 6 heteroatoms. The van der Waals surface area contributed by atoms with Crippen molar-refractivity contribution in [1.82, 2.24) is 20.4 Å². The van der Waals surface area contributed by atoms with E-state index in [1.165, 1.54) is 5.69 Å². The van der Waals surface area contributed by atoms with Gasteiger partial charge in [-0.1, -0.05) is 24.3 Å². The Kier molecular flexibility index (Phi) is 3.76. The van der Waals surface area contributed by atoms with Gasteiger partial charge in [0.05, 0.1) is 24.4 Å². The van der Waals surface area contributed by atoms with Gasteiger partial charge < -0.3 is 15.7 Å². The molecule has 2 aromatic rings.